The van der Waals surface area contributed by atoms with E-state index in [1.54, 1.807) is 0 Å². The van der Waals surface area contributed by atoms with Crippen molar-refractivity contribution in [2.24, 2.45) is 0 Å². The maximum absolute atomic E-state index is 6.28. The number of rotatable bonds is 5. The molecule has 21 heavy (non-hydrogen) atoms. The molecule has 1 saturated heterocycles. The Morgan fingerprint density at radius 3 is 2.67 bits per heavy atom. The van der Waals surface area contributed by atoms with Crippen molar-refractivity contribution in [3.8, 4) is 0 Å². The number of hydrogen-bond donors (Lipinski definition) is 0. The summed E-state index contributed by atoms with van der Waals surface area (Å²) in [5.74, 6) is -0.299. The Hall–Kier alpha value is -0.900. The van der Waals surface area contributed by atoms with E-state index in [1.807, 2.05) is 18.2 Å². The Bertz CT molecular complexity index is 425. The third kappa shape index (κ3) is 3.65. The molecule has 3 rings (SSSR count). The molecule has 0 radical (unpaired) electrons. The SMILES string of the molecule is CC[C@H](OCc1ccccc1)[C@H]1COC2(CCCCC2)O1. The van der Waals surface area contributed by atoms with E-state index >= 15 is 0 Å². The van der Waals surface area contributed by atoms with Crippen molar-refractivity contribution in [3.05, 3.63) is 35.9 Å². The van der Waals surface area contributed by atoms with Crippen LogP contribution in [0.3, 0.4) is 0 Å². The third-order valence-electron chi connectivity index (χ3n) is 4.62. The monoisotopic (exact) mass is 290 g/mol. The first-order valence-electron chi connectivity index (χ1n) is 8.29. The van der Waals surface area contributed by atoms with Gasteiger partial charge in [-0.2, -0.15) is 0 Å². The summed E-state index contributed by atoms with van der Waals surface area (Å²) in [6, 6.07) is 10.3. The molecule has 0 N–H and O–H groups in total. The molecule has 1 aromatic rings. The van der Waals surface area contributed by atoms with Crippen LogP contribution in [0.1, 0.15) is 51.0 Å². The van der Waals surface area contributed by atoms with Gasteiger partial charge in [-0.3, -0.25) is 0 Å². The summed E-state index contributed by atoms with van der Waals surface area (Å²) in [5.41, 5.74) is 1.21. The van der Waals surface area contributed by atoms with Crippen LogP contribution in [-0.4, -0.2) is 24.6 Å². The molecule has 2 fully saturated rings. The molecule has 3 heteroatoms. The fourth-order valence-corrected chi connectivity index (χ4v) is 3.38. The summed E-state index contributed by atoms with van der Waals surface area (Å²) in [5, 5.41) is 0. The highest BCUT2D eigenvalue weighted by molar-refractivity contribution is 5.13. The van der Waals surface area contributed by atoms with Crippen molar-refractivity contribution in [3.63, 3.8) is 0 Å². The molecule has 1 spiro atoms. The molecule has 0 bridgehead atoms. The molecule has 0 unspecified atom stereocenters. The van der Waals surface area contributed by atoms with Crippen molar-refractivity contribution < 1.29 is 14.2 Å². The van der Waals surface area contributed by atoms with Gasteiger partial charge < -0.3 is 14.2 Å². The average molecular weight is 290 g/mol. The van der Waals surface area contributed by atoms with Crippen molar-refractivity contribution in [2.45, 2.75) is 70.1 Å². The summed E-state index contributed by atoms with van der Waals surface area (Å²) in [7, 11) is 0. The minimum absolute atomic E-state index is 0.0804. The van der Waals surface area contributed by atoms with E-state index in [4.69, 9.17) is 14.2 Å². The van der Waals surface area contributed by atoms with Gasteiger partial charge in [0.2, 0.25) is 0 Å². The van der Waals surface area contributed by atoms with E-state index < -0.39 is 0 Å². The lowest BCUT2D eigenvalue weighted by Crippen LogP contribution is -2.36. The molecule has 116 valence electrons. The van der Waals surface area contributed by atoms with E-state index in [2.05, 4.69) is 19.1 Å². The van der Waals surface area contributed by atoms with Gasteiger partial charge in [0, 0.05) is 12.8 Å². The van der Waals surface area contributed by atoms with Gasteiger partial charge in [-0.25, -0.2) is 0 Å². The largest absolute Gasteiger partial charge is 0.371 e. The van der Waals surface area contributed by atoms with Crippen LogP contribution < -0.4 is 0 Å². The van der Waals surface area contributed by atoms with Gasteiger partial charge in [-0.1, -0.05) is 43.7 Å². The van der Waals surface area contributed by atoms with Crippen molar-refractivity contribution >= 4 is 0 Å². The predicted molar refractivity (Wildman–Crippen MR) is 82.0 cm³/mol. The van der Waals surface area contributed by atoms with Crippen molar-refractivity contribution in [1.29, 1.82) is 0 Å². The molecule has 1 saturated carbocycles. The van der Waals surface area contributed by atoms with Crippen molar-refractivity contribution in [2.75, 3.05) is 6.61 Å². The molecule has 1 aromatic carbocycles. The molecule has 1 aliphatic heterocycles. The fraction of sp³-hybridized carbons (Fsp3) is 0.667. The summed E-state index contributed by atoms with van der Waals surface area (Å²) in [4.78, 5) is 0. The quantitative estimate of drug-likeness (QED) is 0.818. The molecule has 0 amide bonds. The van der Waals surface area contributed by atoms with Crippen molar-refractivity contribution in [1.82, 2.24) is 0 Å². The lowest BCUT2D eigenvalue weighted by atomic mass is 9.94. The first-order valence-corrected chi connectivity index (χ1v) is 8.29. The summed E-state index contributed by atoms with van der Waals surface area (Å²) in [6.45, 7) is 3.48. The van der Waals surface area contributed by atoms with Crippen LogP contribution in [0.15, 0.2) is 30.3 Å². The second-order valence-electron chi connectivity index (χ2n) is 6.18. The maximum atomic E-state index is 6.28. The molecule has 3 nitrogen and oxygen atoms in total. The first kappa shape index (κ1) is 15.0. The standard InChI is InChI=1S/C18H26O3/c1-2-16(19-13-15-9-5-3-6-10-15)17-14-20-18(21-17)11-7-4-8-12-18/h3,5-6,9-10,16-17H,2,4,7-8,11-14H2,1H3/t16-,17+/m0/s1. The molecule has 0 aromatic heterocycles. The Balaban J connectivity index is 1.54. The molecule has 2 aliphatic rings. The smallest absolute Gasteiger partial charge is 0.169 e. The van der Waals surface area contributed by atoms with Gasteiger partial charge in [0.15, 0.2) is 5.79 Å². The zero-order valence-corrected chi connectivity index (χ0v) is 12.9. The van der Waals surface area contributed by atoms with E-state index in [0.717, 1.165) is 19.3 Å². The lowest BCUT2D eigenvalue weighted by Gasteiger charge is -2.32. The Labute approximate surface area is 127 Å². The third-order valence-corrected chi connectivity index (χ3v) is 4.62. The highest BCUT2D eigenvalue weighted by atomic mass is 16.8. The van der Waals surface area contributed by atoms with Gasteiger partial charge in [-0.05, 0) is 24.8 Å². The molecular weight excluding hydrogens is 264 g/mol. The Kier molecular flexibility index (Phi) is 4.94. The number of hydrogen-bond acceptors (Lipinski definition) is 3. The minimum Gasteiger partial charge on any atom is -0.371 e. The minimum atomic E-state index is -0.299. The fourth-order valence-electron chi connectivity index (χ4n) is 3.38. The molecule has 1 heterocycles. The van der Waals surface area contributed by atoms with E-state index in [9.17, 15) is 0 Å². The normalized spacial score (nSPS) is 26.0. The lowest BCUT2D eigenvalue weighted by molar-refractivity contribution is -0.199. The van der Waals surface area contributed by atoms with Crippen LogP contribution in [0.2, 0.25) is 0 Å². The van der Waals surface area contributed by atoms with Crippen LogP contribution in [0, 0.1) is 0 Å². The summed E-state index contributed by atoms with van der Waals surface area (Å²) in [6.07, 6.45) is 6.97. The molecule has 2 atom stereocenters. The van der Waals surface area contributed by atoms with Gasteiger partial charge >= 0.3 is 0 Å². The Morgan fingerprint density at radius 1 is 1.19 bits per heavy atom. The number of benzene rings is 1. The van der Waals surface area contributed by atoms with Gasteiger partial charge in [-0.15, -0.1) is 0 Å². The highest BCUT2D eigenvalue weighted by Gasteiger charge is 2.44. The van der Waals surface area contributed by atoms with E-state index in [1.165, 1.54) is 24.8 Å². The number of ether oxygens (including phenoxy) is 3. The molecule has 1 aliphatic carbocycles. The summed E-state index contributed by atoms with van der Waals surface area (Å²) < 4.78 is 18.4. The predicted octanol–water partition coefficient (Wildman–Crippen LogP) is 4.06. The molecular formula is C18H26O3. The maximum Gasteiger partial charge on any atom is 0.169 e. The highest BCUT2D eigenvalue weighted by Crippen LogP contribution is 2.39. The van der Waals surface area contributed by atoms with Crippen LogP contribution in [0.5, 0.6) is 0 Å². The van der Waals surface area contributed by atoms with Gasteiger partial charge in [0.1, 0.15) is 6.10 Å². The average Bonchev–Trinajstić information content (AvgIpc) is 2.93. The van der Waals surface area contributed by atoms with Crippen LogP contribution in [0.4, 0.5) is 0 Å². The zero-order valence-electron chi connectivity index (χ0n) is 12.9. The van der Waals surface area contributed by atoms with Crippen LogP contribution >= 0.6 is 0 Å². The van der Waals surface area contributed by atoms with Gasteiger partial charge in [0.05, 0.1) is 19.3 Å². The second kappa shape index (κ2) is 6.91. The zero-order chi connectivity index (χ0) is 14.5. The Morgan fingerprint density at radius 2 is 1.95 bits per heavy atom. The van der Waals surface area contributed by atoms with Crippen LogP contribution in [-0.2, 0) is 20.8 Å². The topological polar surface area (TPSA) is 27.7 Å². The van der Waals surface area contributed by atoms with E-state index in [0.29, 0.717) is 13.2 Å². The van der Waals surface area contributed by atoms with Crippen LogP contribution in [0.25, 0.3) is 0 Å². The summed E-state index contributed by atoms with van der Waals surface area (Å²) >= 11 is 0. The van der Waals surface area contributed by atoms with E-state index in [-0.39, 0.29) is 18.0 Å². The second-order valence-corrected chi connectivity index (χ2v) is 6.18. The first-order chi connectivity index (χ1) is 10.3. The van der Waals surface area contributed by atoms with Gasteiger partial charge in [0.25, 0.3) is 0 Å².